The molecule has 3 atom stereocenters. The van der Waals surface area contributed by atoms with Crippen molar-refractivity contribution in [3.63, 3.8) is 0 Å². The van der Waals surface area contributed by atoms with E-state index in [1.807, 2.05) is 0 Å². The van der Waals surface area contributed by atoms with Crippen molar-refractivity contribution in [3.8, 4) is 0 Å². The molecule has 0 aliphatic heterocycles. The van der Waals surface area contributed by atoms with Crippen LogP contribution in [-0.2, 0) is 4.79 Å². The third kappa shape index (κ3) is 23.7. The molecular weight excluding hydrogens is 452 g/mol. The second kappa shape index (κ2) is 25.9. The van der Waals surface area contributed by atoms with Gasteiger partial charge in [-0.25, -0.2) is 0 Å². The summed E-state index contributed by atoms with van der Waals surface area (Å²) in [6.45, 7) is 6.40. The van der Waals surface area contributed by atoms with Gasteiger partial charge >= 0.3 is 5.97 Å². The number of carbonyl (C=O) groups is 1. The van der Waals surface area contributed by atoms with Crippen molar-refractivity contribution < 1.29 is 20.1 Å². The van der Waals surface area contributed by atoms with E-state index in [9.17, 15) is 15.0 Å². The number of unbranched alkanes of at least 4 members (excludes halogenated alkanes) is 15. The van der Waals surface area contributed by atoms with E-state index in [0.717, 1.165) is 45.1 Å². The number of carboxylic acid groups (broad SMARTS) is 1. The maximum atomic E-state index is 10.9. The predicted molar refractivity (Wildman–Crippen MR) is 152 cm³/mol. The average molecular weight is 515 g/mol. The number of nitrogens with two attached hydrogens (primary N) is 1. The lowest BCUT2D eigenvalue weighted by Gasteiger charge is -2.27. The van der Waals surface area contributed by atoms with Crippen LogP contribution in [0.2, 0.25) is 0 Å². The summed E-state index contributed by atoms with van der Waals surface area (Å²) in [5, 5.41) is 30.2. The highest BCUT2D eigenvalue weighted by atomic mass is 16.4. The Bertz CT molecular complexity index is 450. The molecule has 36 heavy (non-hydrogen) atoms. The van der Waals surface area contributed by atoms with E-state index in [0.29, 0.717) is 19.5 Å². The third-order valence-corrected chi connectivity index (χ3v) is 7.28. The van der Waals surface area contributed by atoms with Gasteiger partial charge < -0.3 is 21.1 Å². The van der Waals surface area contributed by atoms with Crippen LogP contribution in [0.5, 0.6) is 0 Å². The van der Waals surface area contributed by atoms with E-state index in [-0.39, 0.29) is 12.2 Å². The standard InChI is InChI=1S/C30H62N2O4/c1-3-5-7-9-11-13-15-17-21-27(33)25-32(24-20-19-23-29(31)30(35)36)26-28(34)22-18-16-14-12-10-8-6-4-2/h27-29,33-34H,3-26,31H2,1-2H3,(H,35,36)/t27?,28?,29-/m0/s1. The maximum Gasteiger partial charge on any atom is 0.320 e. The highest BCUT2D eigenvalue weighted by Crippen LogP contribution is 2.14. The van der Waals surface area contributed by atoms with Crippen LogP contribution < -0.4 is 5.73 Å². The van der Waals surface area contributed by atoms with E-state index in [2.05, 4.69) is 18.7 Å². The van der Waals surface area contributed by atoms with Gasteiger partial charge in [0.05, 0.1) is 12.2 Å². The molecule has 216 valence electrons. The van der Waals surface area contributed by atoms with Crippen molar-refractivity contribution in [1.29, 1.82) is 0 Å². The fourth-order valence-electron chi connectivity index (χ4n) is 4.89. The molecule has 0 aliphatic rings. The molecule has 0 aromatic rings. The monoisotopic (exact) mass is 514 g/mol. The van der Waals surface area contributed by atoms with E-state index in [1.54, 1.807) is 0 Å². The lowest BCUT2D eigenvalue weighted by molar-refractivity contribution is -0.138. The van der Waals surface area contributed by atoms with Gasteiger partial charge in [-0.15, -0.1) is 0 Å². The Morgan fingerprint density at radius 1 is 0.611 bits per heavy atom. The number of nitrogens with zero attached hydrogens (tertiary/aromatic N) is 1. The lowest BCUT2D eigenvalue weighted by atomic mass is 10.0. The number of hydrogen-bond donors (Lipinski definition) is 4. The molecule has 6 heteroatoms. The first-order chi connectivity index (χ1) is 17.4. The second-order valence-corrected chi connectivity index (χ2v) is 11.0. The quantitative estimate of drug-likeness (QED) is 0.0870. The SMILES string of the molecule is CCCCCCCCCCC(O)CN(CCCC[C@H](N)C(=O)O)CC(O)CCCCCCCCCC. The summed E-state index contributed by atoms with van der Waals surface area (Å²) >= 11 is 0. The molecular formula is C30H62N2O4. The molecule has 0 aromatic carbocycles. The number of carboxylic acids is 1. The molecule has 0 radical (unpaired) electrons. The lowest BCUT2D eigenvalue weighted by Crippen LogP contribution is -2.39. The van der Waals surface area contributed by atoms with Gasteiger partial charge in [0, 0.05) is 13.1 Å². The highest BCUT2D eigenvalue weighted by molar-refractivity contribution is 5.72. The summed E-state index contributed by atoms with van der Waals surface area (Å²) in [4.78, 5) is 13.1. The van der Waals surface area contributed by atoms with Gasteiger partial charge in [-0.05, 0) is 32.2 Å². The minimum Gasteiger partial charge on any atom is -0.480 e. The van der Waals surface area contributed by atoms with Gasteiger partial charge in [0.2, 0.25) is 0 Å². The van der Waals surface area contributed by atoms with Crippen LogP contribution in [0.25, 0.3) is 0 Å². The van der Waals surface area contributed by atoms with Crippen molar-refractivity contribution in [3.05, 3.63) is 0 Å². The number of aliphatic carboxylic acids is 1. The van der Waals surface area contributed by atoms with Crippen LogP contribution >= 0.6 is 0 Å². The fraction of sp³-hybridized carbons (Fsp3) is 0.967. The average Bonchev–Trinajstić information content (AvgIpc) is 2.84. The van der Waals surface area contributed by atoms with Gasteiger partial charge in [-0.1, -0.05) is 123 Å². The van der Waals surface area contributed by atoms with Gasteiger partial charge in [0.1, 0.15) is 6.04 Å². The second-order valence-electron chi connectivity index (χ2n) is 11.0. The highest BCUT2D eigenvalue weighted by Gasteiger charge is 2.17. The first-order valence-corrected chi connectivity index (χ1v) is 15.5. The van der Waals surface area contributed by atoms with Gasteiger partial charge in [-0.3, -0.25) is 9.69 Å². The van der Waals surface area contributed by atoms with E-state index in [1.165, 1.54) is 89.9 Å². The summed E-state index contributed by atoms with van der Waals surface area (Å²) in [5.74, 6) is -0.951. The first kappa shape index (κ1) is 35.3. The van der Waals surface area contributed by atoms with E-state index in [4.69, 9.17) is 10.8 Å². The fourth-order valence-corrected chi connectivity index (χ4v) is 4.89. The van der Waals surface area contributed by atoms with Crippen LogP contribution in [0.1, 0.15) is 149 Å². The Hall–Kier alpha value is -0.690. The zero-order valence-electron chi connectivity index (χ0n) is 24.0. The van der Waals surface area contributed by atoms with Crippen molar-refractivity contribution >= 4 is 5.97 Å². The van der Waals surface area contributed by atoms with Crippen LogP contribution in [0.4, 0.5) is 0 Å². The van der Waals surface area contributed by atoms with Gasteiger partial charge in [0.25, 0.3) is 0 Å². The Labute approximate surface area is 223 Å². The van der Waals surface area contributed by atoms with Crippen LogP contribution in [0.3, 0.4) is 0 Å². The van der Waals surface area contributed by atoms with Gasteiger partial charge in [-0.2, -0.15) is 0 Å². The summed E-state index contributed by atoms with van der Waals surface area (Å²) in [6, 6.07) is -0.807. The van der Waals surface area contributed by atoms with Crippen molar-refractivity contribution in [1.82, 2.24) is 4.90 Å². The molecule has 0 aromatic heterocycles. The van der Waals surface area contributed by atoms with Crippen molar-refractivity contribution in [2.24, 2.45) is 5.73 Å². The van der Waals surface area contributed by atoms with Crippen LogP contribution in [0, 0.1) is 0 Å². The molecule has 0 saturated heterocycles. The summed E-state index contributed by atoms with van der Waals surface area (Å²) in [5.41, 5.74) is 5.63. The van der Waals surface area contributed by atoms with E-state index >= 15 is 0 Å². The minimum absolute atomic E-state index is 0.373. The Morgan fingerprint density at radius 2 is 0.972 bits per heavy atom. The molecule has 0 amide bonds. The normalized spacial score (nSPS) is 14.3. The Kier molecular flexibility index (Phi) is 25.4. The first-order valence-electron chi connectivity index (χ1n) is 15.5. The zero-order chi connectivity index (χ0) is 26.9. The number of hydrogen-bond acceptors (Lipinski definition) is 5. The molecule has 0 fully saturated rings. The Balaban J connectivity index is 4.27. The zero-order valence-corrected chi connectivity index (χ0v) is 24.0. The molecule has 0 spiro atoms. The van der Waals surface area contributed by atoms with Gasteiger partial charge in [0.15, 0.2) is 0 Å². The number of aliphatic hydroxyl groups excluding tert-OH is 2. The van der Waals surface area contributed by atoms with Crippen LogP contribution in [-0.4, -0.2) is 64.1 Å². The largest absolute Gasteiger partial charge is 0.480 e. The summed E-state index contributed by atoms with van der Waals surface area (Å²) in [7, 11) is 0. The number of rotatable bonds is 28. The third-order valence-electron chi connectivity index (χ3n) is 7.28. The molecule has 0 aliphatic carbocycles. The summed E-state index contributed by atoms with van der Waals surface area (Å²) < 4.78 is 0. The molecule has 0 rings (SSSR count). The molecule has 0 saturated carbocycles. The minimum atomic E-state index is -0.951. The van der Waals surface area contributed by atoms with Crippen molar-refractivity contribution in [2.45, 2.75) is 167 Å². The van der Waals surface area contributed by atoms with Crippen LogP contribution in [0.15, 0.2) is 0 Å². The molecule has 6 nitrogen and oxygen atoms in total. The predicted octanol–water partition coefficient (Wildman–Crippen LogP) is 6.65. The maximum absolute atomic E-state index is 10.9. The van der Waals surface area contributed by atoms with Crippen molar-refractivity contribution in [2.75, 3.05) is 19.6 Å². The number of aliphatic hydroxyl groups is 2. The molecule has 5 N–H and O–H groups in total. The summed E-state index contributed by atoms with van der Waals surface area (Å²) in [6.07, 6.45) is 23.0. The molecule has 2 unspecified atom stereocenters. The molecule has 0 bridgehead atoms. The smallest absolute Gasteiger partial charge is 0.320 e. The Morgan fingerprint density at radius 3 is 1.36 bits per heavy atom. The van der Waals surface area contributed by atoms with E-state index < -0.39 is 12.0 Å². The topological polar surface area (TPSA) is 107 Å². The molecule has 0 heterocycles.